The lowest BCUT2D eigenvalue weighted by Gasteiger charge is -2.15. The van der Waals surface area contributed by atoms with Gasteiger partial charge in [-0.15, -0.1) is 0 Å². The number of ether oxygens (including phenoxy) is 2. The number of nitrogens with zero attached hydrogens (tertiary/aromatic N) is 3. The SMILES string of the molecule is Cc1nc(Cl)c(/C(N)=N/OC(=O)c2cc(OCc3ccccc3)c(OCc3ccccc3)c([N+](=O)[O-])c2)c(C)c1C. The van der Waals surface area contributed by atoms with E-state index in [0.717, 1.165) is 34.0 Å². The van der Waals surface area contributed by atoms with Crippen LogP contribution in [0.1, 0.15) is 43.9 Å². The van der Waals surface area contributed by atoms with E-state index in [0.29, 0.717) is 5.56 Å². The molecule has 10 nitrogen and oxygen atoms in total. The van der Waals surface area contributed by atoms with Crippen LogP contribution in [-0.4, -0.2) is 21.7 Å². The molecule has 0 aliphatic heterocycles. The van der Waals surface area contributed by atoms with Gasteiger partial charge >= 0.3 is 11.7 Å². The molecule has 1 aromatic heterocycles. The summed E-state index contributed by atoms with van der Waals surface area (Å²) in [4.78, 5) is 33.7. The quantitative estimate of drug-likeness (QED) is 0.0589. The third-order valence-electron chi connectivity index (χ3n) is 6.37. The van der Waals surface area contributed by atoms with Gasteiger partial charge in [0.25, 0.3) is 0 Å². The first kappa shape index (κ1) is 29.0. The fourth-order valence-electron chi connectivity index (χ4n) is 3.95. The molecule has 0 aliphatic carbocycles. The van der Waals surface area contributed by atoms with E-state index in [1.165, 1.54) is 6.07 Å². The number of nitrogens with two attached hydrogens (primary N) is 1. The van der Waals surface area contributed by atoms with Crippen molar-refractivity contribution in [2.24, 2.45) is 10.9 Å². The van der Waals surface area contributed by atoms with Gasteiger partial charge in [0.15, 0.2) is 11.6 Å². The van der Waals surface area contributed by atoms with Gasteiger partial charge < -0.3 is 20.0 Å². The molecule has 4 rings (SSSR count). The summed E-state index contributed by atoms with van der Waals surface area (Å²) in [6.07, 6.45) is 0. The van der Waals surface area contributed by atoms with Crippen LogP contribution in [0.25, 0.3) is 0 Å². The maximum absolute atomic E-state index is 13.0. The summed E-state index contributed by atoms with van der Waals surface area (Å²) in [5.41, 5.74) is 9.64. The van der Waals surface area contributed by atoms with Crippen molar-refractivity contribution in [3.63, 3.8) is 0 Å². The molecule has 0 radical (unpaired) electrons. The van der Waals surface area contributed by atoms with Gasteiger partial charge in [0.1, 0.15) is 18.4 Å². The van der Waals surface area contributed by atoms with Crippen molar-refractivity contribution < 1.29 is 24.0 Å². The Morgan fingerprint density at radius 3 is 2.12 bits per heavy atom. The number of rotatable bonds is 10. The fourth-order valence-corrected chi connectivity index (χ4v) is 4.31. The lowest BCUT2D eigenvalue weighted by Crippen LogP contribution is -2.19. The molecule has 1 heterocycles. The molecular formula is C30H27ClN4O6. The number of amidine groups is 1. The summed E-state index contributed by atoms with van der Waals surface area (Å²) in [6.45, 7) is 5.57. The van der Waals surface area contributed by atoms with Crippen LogP contribution in [0.2, 0.25) is 5.15 Å². The number of carbonyl (C=O) groups is 1. The summed E-state index contributed by atoms with van der Waals surface area (Å²) >= 11 is 6.27. The lowest BCUT2D eigenvalue weighted by atomic mass is 10.0. The zero-order valence-electron chi connectivity index (χ0n) is 22.6. The summed E-state index contributed by atoms with van der Waals surface area (Å²) < 4.78 is 11.8. The van der Waals surface area contributed by atoms with E-state index in [2.05, 4.69) is 10.1 Å². The molecule has 0 amide bonds. The van der Waals surface area contributed by atoms with E-state index in [4.69, 9.17) is 31.6 Å². The Kier molecular flexibility index (Phi) is 9.15. The van der Waals surface area contributed by atoms with Gasteiger partial charge in [0.05, 0.1) is 16.1 Å². The maximum atomic E-state index is 13.0. The summed E-state index contributed by atoms with van der Waals surface area (Å²) in [5, 5.41) is 15.9. The maximum Gasteiger partial charge on any atom is 0.366 e. The third-order valence-corrected chi connectivity index (χ3v) is 6.64. The van der Waals surface area contributed by atoms with Crippen LogP contribution in [0.15, 0.2) is 78.0 Å². The first-order valence-electron chi connectivity index (χ1n) is 12.5. The number of aryl methyl sites for hydroxylation is 1. The Hall–Kier alpha value is -4.96. The Balaban J connectivity index is 1.67. The number of nitro benzene ring substituents is 1. The number of aromatic nitrogens is 1. The zero-order valence-corrected chi connectivity index (χ0v) is 23.3. The minimum atomic E-state index is -0.999. The monoisotopic (exact) mass is 574 g/mol. The fraction of sp³-hybridized carbons (Fsp3) is 0.167. The molecule has 11 heteroatoms. The molecule has 0 bridgehead atoms. The Morgan fingerprint density at radius 2 is 1.54 bits per heavy atom. The Labute approximate surface area is 241 Å². The number of hydrogen-bond acceptors (Lipinski definition) is 8. The molecule has 0 spiro atoms. The molecule has 41 heavy (non-hydrogen) atoms. The van der Waals surface area contributed by atoms with Crippen molar-refractivity contribution in [2.45, 2.75) is 34.0 Å². The van der Waals surface area contributed by atoms with Gasteiger partial charge in [-0.05, 0) is 49.1 Å². The molecule has 3 aromatic carbocycles. The molecule has 2 N–H and O–H groups in total. The highest BCUT2D eigenvalue weighted by molar-refractivity contribution is 6.33. The summed E-state index contributed by atoms with van der Waals surface area (Å²) in [7, 11) is 0. The molecule has 0 unspecified atom stereocenters. The largest absolute Gasteiger partial charge is 0.485 e. The highest BCUT2D eigenvalue weighted by Gasteiger charge is 2.26. The van der Waals surface area contributed by atoms with Gasteiger partial charge in [-0.2, -0.15) is 0 Å². The summed E-state index contributed by atoms with van der Waals surface area (Å²) in [5.74, 6) is -1.31. The predicted molar refractivity (Wildman–Crippen MR) is 154 cm³/mol. The zero-order chi connectivity index (χ0) is 29.5. The van der Waals surface area contributed by atoms with Crippen molar-refractivity contribution >= 4 is 29.1 Å². The van der Waals surface area contributed by atoms with Crippen LogP contribution >= 0.6 is 11.6 Å². The number of pyridine rings is 1. The topological polar surface area (TPSA) is 139 Å². The third kappa shape index (κ3) is 6.98. The average molecular weight is 575 g/mol. The molecule has 0 saturated carbocycles. The van der Waals surface area contributed by atoms with E-state index in [1.807, 2.05) is 74.5 Å². The van der Waals surface area contributed by atoms with Crippen LogP contribution in [-0.2, 0) is 18.1 Å². The minimum absolute atomic E-state index is 0.0138. The van der Waals surface area contributed by atoms with Crippen LogP contribution in [0, 0.1) is 30.9 Å². The smallest absolute Gasteiger partial charge is 0.366 e. The molecule has 210 valence electrons. The van der Waals surface area contributed by atoms with Crippen LogP contribution in [0.3, 0.4) is 0 Å². The predicted octanol–water partition coefficient (Wildman–Crippen LogP) is 6.20. The number of carbonyl (C=O) groups excluding carboxylic acids is 1. The van der Waals surface area contributed by atoms with E-state index < -0.39 is 16.6 Å². The van der Waals surface area contributed by atoms with Crippen molar-refractivity contribution in [1.29, 1.82) is 0 Å². The molecule has 4 aromatic rings. The second-order valence-electron chi connectivity index (χ2n) is 9.10. The molecule has 0 saturated heterocycles. The van der Waals surface area contributed by atoms with Crippen LogP contribution in [0.5, 0.6) is 11.5 Å². The van der Waals surface area contributed by atoms with E-state index in [9.17, 15) is 14.9 Å². The van der Waals surface area contributed by atoms with Gasteiger partial charge in [0.2, 0.25) is 5.75 Å². The van der Waals surface area contributed by atoms with E-state index in [1.54, 1.807) is 6.92 Å². The highest BCUT2D eigenvalue weighted by atomic mass is 35.5. The molecule has 0 atom stereocenters. The number of oxime groups is 1. The van der Waals surface area contributed by atoms with Crippen molar-refractivity contribution in [1.82, 2.24) is 4.98 Å². The second kappa shape index (κ2) is 12.9. The minimum Gasteiger partial charge on any atom is -0.485 e. The van der Waals surface area contributed by atoms with E-state index >= 15 is 0 Å². The highest BCUT2D eigenvalue weighted by Crippen LogP contribution is 2.40. The van der Waals surface area contributed by atoms with Crippen molar-refractivity contribution in [3.8, 4) is 11.5 Å². The summed E-state index contributed by atoms with van der Waals surface area (Å²) in [6, 6.07) is 20.7. The van der Waals surface area contributed by atoms with Crippen LogP contribution < -0.4 is 15.2 Å². The normalized spacial score (nSPS) is 11.2. The first-order chi connectivity index (χ1) is 19.7. The van der Waals surface area contributed by atoms with Crippen molar-refractivity contribution in [2.75, 3.05) is 0 Å². The van der Waals surface area contributed by atoms with E-state index in [-0.39, 0.29) is 41.3 Å². The van der Waals surface area contributed by atoms with Gasteiger partial charge in [-0.1, -0.05) is 77.4 Å². The molecular weight excluding hydrogens is 548 g/mol. The number of nitro groups is 1. The number of benzene rings is 3. The van der Waals surface area contributed by atoms with Gasteiger partial charge in [-0.3, -0.25) is 10.1 Å². The first-order valence-corrected chi connectivity index (χ1v) is 12.9. The number of halogens is 1. The average Bonchev–Trinajstić information content (AvgIpc) is 2.97. The van der Waals surface area contributed by atoms with Gasteiger partial charge in [-0.25, -0.2) is 9.78 Å². The molecule has 0 aliphatic rings. The lowest BCUT2D eigenvalue weighted by molar-refractivity contribution is -0.386. The standard InChI is InChI=1S/C30H27ClN4O6/c1-18-19(2)26(28(31)33-20(18)3)29(32)34-41-30(36)23-14-24(35(37)38)27(40-17-22-12-8-5-9-13-22)25(15-23)39-16-21-10-6-4-7-11-21/h4-15H,16-17H2,1-3H3,(H2,32,34). The Morgan fingerprint density at radius 1 is 0.951 bits per heavy atom. The van der Waals surface area contributed by atoms with Crippen molar-refractivity contribution in [3.05, 3.63) is 127 Å². The molecule has 0 fully saturated rings. The second-order valence-corrected chi connectivity index (χ2v) is 9.45. The number of hydrogen-bond donors (Lipinski definition) is 1. The Bertz CT molecular complexity index is 1610. The van der Waals surface area contributed by atoms with Crippen LogP contribution in [0.4, 0.5) is 5.69 Å². The van der Waals surface area contributed by atoms with Gasteiger partial charge in [0, 0.05) is 11.8 Å².